The number of aromatic nitrogens is 1. The monoisotopic (exact) mass is 609 g/mol. The molecule has 44 heavy (non-hydrogen) atoms. The second kappa shape index (κ2) is 17.6. The number of benzene rings is 1. The number of anilines is 1. The first-order valence-corrected chi connectivity index (χ1v) is 17.1. The standard InChI is InChI=1S/C16H28N4.C12H18.C10H22N2/c1-16(2,3)20-10-8-19(9-11-20)15-7-6-14(12-17-15)13-18(4)5;1-12(2,3)10-9-11-7-5-4-6-8-11;1-5-11-6-8-12(9-7-11)10(2,3)4/h6-7,12H,8-11,13H2,1-5H3;4-8H,9-10H2,1-3H3;5-9H2,1-4H3. The van der Waals surface area contributed by atoms with Gasteiger partial charge in [-0.25, -0.2) is 4.98 Å². The molecule has 0 radical (unpaired) electrons. The summed E-state index contributed by atoms with van der Waals surface area (Å²) in [6.07, 6.45) is 4.47. The molecule has 2 fully saturated rings. The number of nitrogens with zero attached hydrogens (tertiary/aromatic N) is 6. The van der Waals surface area contributed by atoms with E-state index in [4.69, 9.17) is 0 Å². The van der Waals surface area contributed by atoms with Crippen LogP contribution < -0.4 is 4.90 Å². The fourth-order valence-corrected chi connectivity index (χ4v) is 5.57. The summed E-state index contributed by atoms with van der Waals surface area (Å²) in [7, 11) is 4.17. The van der Waals surface area contributed by atoms with Gasteiger partial charge in [-0.05, 0) is 97.6 Å². The van der Waals surface area contributed by atoms with Gasteiger partial charge in [0.05, 0.1) is 0 Å². The van der Waals surface area contributed by atoms with Crippen LogP contribution in [0.2, 0.25) is 0 Å². The third-order valence-electron chi connectivity index (χ3n) is 8.63. The second-order valence-corrected chi connectivity index (χ2v) is 16.0. The van der Waals surface area contributed by atoms with E-state index in [-0.39, 0.29) is 5.54 Å². The first kappa shape index (κ1) is 38.2. The molecule has 0 spiro atoms. The minimum absolute atomic E-state index is 0.273. The van der Waals surface area contributed by atoms with Crippen molar-refractivity contribution >= 4 is 5.82 Å². The van der Waals surface area contributed by atoms with Gasteiger partial charge in [-0.15, -0.1) is 0 Å². The van der Waals surface area contributed by atoms with E-state index in [2.05, 4.69) is 155 Å². The van der Waals surface area contributed by atoms with E-state index in [9.17, 15) is 0 Å². The molecule has 1 aromatic heterocycles. The summed E-state index contributed by atoms with van der Waals surface area (Å²) >= 11 is 0. The quantitative estimate of drug-likeness (QED) is 0.346. The summed E-state index contributed by atoms with van der Waals surface area (Å²) in [5.41, 5.74) is 3.81. The molecule has 0 saturated carbocycles. The van der Waals surface area contributed by atoms with Crippen molar-refractivity contribution in [2.45, 2.75) is 99.7 Å². The average molecular weight is 609 g/mol. The van der Waals surface area contributed by atoms with Crippen molar-refractivity contribution in [2.24, 2.45) is 5.41 Å². The normalized spacial score (nSPS) is 17.5. The number of piperazine rings is 2. The van der Waals surface area contributed by atoms with Crippen molar-refractivity contribution in [3.05, 3.63) is 59.8 Å². The lowest BCUT2D eigenvalue weighted by Crippen LogP contribution is -2.53. The number of rotatable bonds is 6. The van der Waals surface area contributed by atoms with E-state index in [0.29, 0.717) is 11.0 Å². The van der Waals surface area contributed by atoms with Crippen molar-refractivity contribution in [1.29, 1.82) is 0 Å². The molecule has 250 valence electrons. The molecule has 6 nitrogen and oxygen atoms in total. The molecule has 2 aromatic rings. The lowest BCUT2D eigenvalue weighted by atomic mass is 9.89. The van der Waals surface area contributed by atoms with E-state index >= 15 is 0 Å². The Morgan fingerprint density at radius 2 is 1.18 bits per heavy atom. The number of hydrogen-bond donors (Lipinski definition) is 0. The Kier molecular flexibility index (Phi) is 15.3. The minimum Gasteiger partial charge on any atom is -0.354 e. The van der Waals surface area contributed by atoms with Gasteiger partial charge in [-0.2, -0.15) is 0 Å². The van der Waals surface area contributed by atoms with Crippen LogP contribution in [-0.4, -0.2) is 109 Å². The Hall–Kier alpha value is -1.99. The average Bonchev–Trinajstić information content (AvgIpc) is 2.96. The molecule has 6 heteroatoms. The molecule has 0 atom stereocenters. The minimum atomic E-state index is 0.273. The van der Waals surface area contributed by atoms with Crippen LogP contribution >= 0.6 is 0 Å². The molecule has 1 aromatic carbocycles. The Labute approximate surface area is 272 Å². The zero-order chi connectivity index (χ0) is 33.0. The molecule has 4 rings (SSSR count). The maximum Gasteiger partial charge on any atom is 0.128 e. The summed E-state index contributed by atoms with van der Waals surface area (Å²) in [5.74, 6) is 1.11. The Morgan fingerprint density at radius 3 is 1.59 bits per heavy atom. The van der Waals surface area contributed by atoms with Gasteiger partial charge in [0.1, 0.15) is 5.82 Å². The van der Waals surface area contributed by atoms with Crippen molar-refractivity contribution in [3.8, 4) is 0 Å². The summed E-state index contributed by atoms with van der Waals surface area (Å²) in [5, 5.41) is 0. The molecular weight excluding hydrogens is 540 g/mol. The summed E-state index contributed by atoms with van der Waals surface area (Å²) in [6, 6.07) is 15.0. The van der Waals surface area contributed by atoms with Crippen LogP contribution in [0.25, 0.3) is 0 Å². The summed E-state index contributed by atoms with van der Waals surface area (Å²) in [4.78, 5) is 16.8. The zero-order valence-electron chi connectivity index (χ0n) is 30.8. The van der Waals surface area contributed by atoms with Crippen molar-refractivity contribution in [2.75, 3.05) is 77.9 Å². The smallest absolute Gasteiger partial charge is 0.128 e. The van der Waals surface area contributed by atoms with Crippen LogP contribution in [0.3, 0.4) is 0 Å². The van der Waals surface area contributed by atoms with E-state index in [1.54, 1.807) is 0 Å². The molecule has 0 aliphatic carbocycles. The third kappa shape index (κ3) is 14.9. The van der Waals surface area contributed by atoms with Gasteiger partial charge < -0.3 is 14.7 Å². The van der Waals surface area contributed by atoms with Crippen molar-refractivity contribution in [1.82, 2.24) is 24.6 Å². The molecule has 2 saturated heterocycles. The van der Waals surface area contributed by atoms with Crippen molar-refractivity contribution < 1.29 is 0 Å². The number of aryl methyl sites for hydroxylation is 1. The number of likely N-dealkylation sites (N-methyl/N-ethyl adjacent to an activating group) is 1. The van der Waals surface area contributed by atoms with Gasteiger partial charge in [-0.3, -0.25) is 9.80 Å². The predicted molar refractivity (Wildman–Crippen MR) is 193 cm³/mol. The highest BCUT2D eigenvalue weighted by atomic mass is 15.3. The molecular formula is C38H68N6. The van der Waals surface area contributed by atoms with Crippen LogP contribution in [0.1, 0.15) is 86.8 Å². The van der Waals surface area contributed by atoms with Gasteiger partial charge in [0, 0.05) is 76.2 Å². The van der Waals surface area contributed by atoms with E-state index in [1.807, 2.05) is 6.20 Å². The maximum atomic E-state index is 4.62. The van der Waals surface area contributed by atoms with E-state index in [0.717, 1.165) is 38.5 Å². The van der Waals surface area contributed by atoms with Gasteiger partial charge in [0.25, 0.3) is 0 Å². The molecule has 0 amide bonds. The highest BCUT2D eigenvalue weighted by molar-refractivity contribution is 5.40. The largest absolute Gasteiger partial charge is 0.354 e. The molecule has 0 unspecified atom stereocenters. The number of hydrogen-bond acceptors (Lipinski definition) is 6. The number of pyridine rings is 1. The van der Waals surface area contributed by atoms with E-state index < -0.39 is 0 Å². The zero-order valence-corrected chi connectivity index (χ0v) is 30.8. The summed E-state index contributed by atoms with van der Waals surface area (Å²) in [6.45, 7) is 34.3. The highest BCUT2D eigenvalue weighted by Gasteiger charge is 2.26. The van der Waals surface area contributed by atoms with Gasteiger partial charge >= 0.3 is 0 Å². The van der Waals surface area contributed by atoms with E-state index in [1.165, 1.54) is 56.7 Å². The Morgan fingerprint density at radius 1 is 0.659 bits per heavy atom. The maximum absolute atomic E-state index is 4.62. The van der Waals surface area contributed by atoms with Crippen LogP contribution in [-0.2, 0) is 13.0 Å². The second-order valence-electron chi connectivity index (χ2n) is 16.0. The van der Waals surface area contributed by atoms with Crippen LogP contribution in [0.15, 0.2) is 48.7 Å². The molecule has 0 N–H and O–H groups in total. The van der Waals surface area contributed by atoms with Gasteiger partial charge in [0.15, 0.2) is 0 Å². The Balaban J connectivity index is 0.000000244. The molecule has 2 aliphatic rings. The topological polar surface area (TPSA) is 29.1 Å². The highest BCUT2D eigenvalue weighted by Crippen LogP contribution is 2.21. The van der Waals surface area contributed by atoms with Crippen LogP contribution in [0.5, 0.6) is 0 Å². The summed E-state index contributed by atoms with van der Waals surface area (Å²) < 4.78 is 0. The first-order valence-electron chi connectivity index (χ1n) is 17.1. The van der Waals surface area contributed by atoms with Crippen LogP contribution in [0.4, 0.5) is 5.82 Å². The Bertz CT molecular complexity index is 1010. The molecule has 0 bridgehead atoms. The van der Waals surface area contributed by atoms with Gasteiger partial charge in [0.2, 0.25) is 0 Å². The van der Waals surface area contributed by atoms with Crippen LogP contribution in [0, 0.1) is 5.41 Å². The van der Waals surface area contributed by atoms with Crippen molar-refractivity contribution in [3.63, 3.8) is 0 Å². The molecule has 2 aliphatic heterocycles. The fourth-order valence-electron chi connectivity index (χ4n) is 5.57. The molecule has 3 heterocycles. The SMILES string of the molecule is CC(C)(C)CCc1ccccc1.CCN1CCN(C(C)(C)C)CC1.CN(C)Cc1ccc(N2CCN(C(C)(C)C)CC2)nc1. The van der Waals surface area contributed by atoms with Gasteiger partial charge in [-0.1, -0.05) is 64.1 Å². The third-order valence-corrected chi connectivity index (χ3v) is 8.63. The first-order chi connectivity index (χ1) is 20.5. The lowest BCUT2D eigenvalue weighted by molar-refractivity contribution is 0.0648. The lowest BCUT2D eigenvalue weighted by Gasteiger charge is -2.42. The predicted octanol–water partition coefficient (Wildman–Crippen LogP) is 7.15. The fraction of sp³-hybridized carbons (Fsp3) is 0.711.